The summed E-state index contributed by atoms with van der Waals surface area (Å²) in [6, 6.07) is 14.2. The van der Waals surface area contributed by atoms with E-state index in [9.17, 15) is 5.11 Å². The number of fused-ring (bicyclic) bond motifs is 1. The average molecular weight is 513 g/mol. The van der Waals surface area contributed by atoms with Crippen LogP contribution in [0.5, 0.6) is 5.75 Å². The Balaban J connectivity index is 1.40. The number of aromatic nitrogens is 5. The number of nitrogens with one attached hydrogen (secondary N) is 1. The molecule has 9 nitrogen and oxygen atoms in total. The van der Waals surface area contributed by atoms with E-state index in [2.05, 4.69) is 38.6 Å². The fourth-order valence-electron chi connectivity index (χ4n) is 4.46. The molecule has 0 atom stereocenters. The predicted octanol–water partition coefficient (Wildman–Crippen LogP) is 5.17. The molecule has 5 rings (SSSR count). The van der Waals surface area contributed by atoms with Crippen LogP contribution in [0.4, 0.5) is 11.5 Å². The van der Waals surface area contributed by atoms with Crippen molar-refractivity contribution in [3.05, 3.63) is 73.1 Å². The van der Waals surface area contributed by atoms with E-state index in [-0.39, 0.29) is 0 Å². The summed E-state index contributed by atoms with van der Waals surface area (Å²) in [5.41, 5.74) is 3.98. The molecule has 0 aliphatic heterocycles. The number of benzene rings is 2. The van der Waals surface area contributed by atoms with E-state index in [0.29, 0.717) is 24.7 Å². The van der Waals surface area contributed by atoms with Gasteiger partial charge < -0.3 is 24.5 Å². The number of ether oxygens (including phenoxy) is 2. The average Bonchev–Trinajstić information content (AvgIpc) is 3.49. The van der Waals surface area contributed by atoms with Gasteiger partial charge in [0.15, 0.2) is 0 Å². The Morgan fingerprint density at radius 3 is 2.50 bits per heavy atom. The number of pyridine rings is 1. The fraction of sp³-hybridized carbons (Fsp3) is 0.276. The lowest BCUT2D eigenvalue weighted by Gasteiger charge is -2.16. The van der Waals surface area contributed by atoms with Gasteiger partial charge >= 0.3 is 0 Å². The third-order valence-electron chi connectivity index (χ3n) is 6.36. The van der Waals surface area contributed by atoms with Gasteiger partial charge in [-0.2, -0.15) is 5.10 Å². The molecule has 0 spiro atoms. The van der Waals surface area contributed by atoms with Crippen molar-refractivity contribution in [3.8, 4) is 28.1 Å². The molecule has 0 amide bonds. The zero-order valence-corrected chi connectivity index (χ0v) is 22.3. The number of nitrogens with zero attached hydrogens (tertiary/aromatic N) is 5. The van der Waals surface area contributed by atoms with E-state index >= 15 is 0 Å². The minimum Gasteiger partial charge on any atom is -0.495 e. The van der Waals surface area contributed by atoms with Gasteiger partial charge in [0, 0.05) is 43.1 Å². The molecule has 0 aliphatic rings. The van der Waals surface area contributed by atoms with Crippen LogP contribution in [-0.4, -0.2) is 49.2 Å². The predicted molar refractivity (Wildman–Crippen MR) is 148 cm³/mol. The Labute approximate surface area is 221 Å². The molecule has 0 fully saturated rings. The summed E-state index contributed by atoms with van der Waals surface area (Å²) in [7, 11) is 5.29. The quantitative estimate of drug-likeness (QED) is 0.281. The Kier molecular flexibility index (Phi) is 6.88. The number of methoxy groups -OCH3 is 2. The first-order chi connectivity index (χ1) is 18.2. The summed E-state index contributed by atoms with van der Waals surface area (Å²) < 4.78 is 14.7. The number of hydrogen-bond donors (Lipinski definition) is 2. The third kappa shape index (κ3) is 5.39. The highest BCUT2D eigenvalue weighted by molar-refractivity contribution is 5.89. The van der Waals surface area contributed by atoms with Gasteiger partial charge in [0.1, 0.15) is 24.0 Å². The van der Waals surface area contributed by atoms with Crippen LogP contribution in [0.2, 0.25) is 0 Å². The molecule has 2 aromatic carbocycles. The van der Waals surface area contributed by atoms with Crippen molar-refractivity contribution in [2.75, 3.05) is 19.5 Å². The van der Waals surface area contributed by atoms with E-state index in [1.54, 1.807) is 32.7 Å². The second-order valence-corrected chi connectivity index (χ2v) is 9.96. The zero-order valence-electron chi connectivity index (χ0n) is 22.3. The van der Waals surface area contributed by atoms with Gasteiger partial charge in [0.05, 0.1) is 43.0 Å². The first-order valence-corrected chi connectivity index (χ1v) is 12.3. The molecular formula is C29H32N6O3. The topological polar surface area (TPSA) is 99.2 Å². The van der Waals surface area contributed by atoms with Crippen LogP contribution in [0, 0.1) is 0 Å². The summed E-state index contributed by atoms with van der Waals surface area (Å²) in [5.74, 6) is 2.26. The minimum absolute atomic E-state index is 0.425. The molecule has 196 valence electrons. The van der Waals surface area contributed by atoms with Gasteiger partial charge in [-0.05, 0) is 49.1 Å². The molecule has 5 aromatic rings. The van der Waals surface area contributed by atoms with Gasteiger partial charge in [-0.1, -0.05) is 18.2 Å². The van der Waals surface area contributed by atoms with E-state index in [1.807, 2.05) is 60.7 Å². The molecule has 3 heterocycles. The molecule has 0 unspecified atom stereocenters. The first kappa shape index (κ1) is 25.4. The lowest BCUT2D eigenvalue weighted by Crippen LogP contribution is -2.26. The Morgan fingerprint density at radius 1 is 0.921 bits per heavy atom. The fourth-order valence-corrected chi connectivity index (χ4v) is 4.46. The molecule has 0 aliphatic carbocycles. The third-order valence-corrected chi connectivity index (χ3v) is 6.36. The Morgan fingerprint density at radius 2 is 1.74 bits per heavy atom. The second kappa shape index (κ2) is 10.3. The normalized spacial score (nSPS) is 11.7. The maximum Gasteiger partial charge on any atom is 0.143 e. The van der Waals surface area contributed by atoms with Gasteiger partial charge in [-0.15, -0.1) is 0 Å². The van der Waals surface area contributed by atoms with Crippen LogP contribution < -0.4 is 10.1 Å². The number of rotatable bonds is 9. The number of imidazole rings is 1. The van der Waals surface area contributed by atoms with Crippen LogP contribution in [0.25, 0.3) is 33.2 Å². The molecule has 0 saturated heterocycles. The summed E-state index contributed by atoms with van der Waals surface area (Å²) >= 11 is 0. The summed E-state index contributed by atoms with van der Waals surface area (Å²) in [5, 5.41) is 20.0. The Bertz CT molecular complexity index is 1580. The smallest absolute Gasteiger partial charge is 0.143 e. The molecule has 0 radical (unpaired) electrons. The lowest BCUT2D eigenvalue weighted by molar-refractivity contribution is 0.0577. The lowest BCUT2D eigenvalue weighted by atomic mass is 10.0. The van der Waals surface area contributed by atoms with Crippen molar-refractivity contribution in [2.45, 2.75) is 32.6 Å². The largest absolute Gasteiger partial charge is 0.495 e. The molecular weight excluding hydrogens is 480 g/mol. The van der Waals surface area contributed by atoms with Crippen molar-refractivity contribution in [1.29, 1.82) is 0 Å². The van der Waals surface area contributed by atoms with Gasteiger partial charge in [0.25, 0.3) is 0 Å². The highest BCUT2D eigenvalue weighted by Gasteiger charge is 2.15. The molecule has 0 bridgehead atoms. The molecule has 3 aromatic heterocycles. The summed E-state index contributed by atoms with van der Waals surface area (Å²) in [4.78, 5) is 9.06. The van der Waals surface area contributed by atoms with Crippen LogP contribution in [0.1, 0.15) is 19.7 Å². The van der Waals surface area contributed by atoms with E-state index in [0.717, 1.165) is 44.7 Å². The van der Waals surface area contributed by atoms with Crippen molar-refractivity contribution in [1.82, 2.24) is 24.3 Å². The number of aliphatic hydroxyl groups is 1. The van der Waals surface area contributed by atoms with Crippen molar-refractivity contribution >= 4 is 22.3 Å². The molecule has 9 heteroatoms. The molecule has 2 N–H and O–H groups in total. The second-order valence-electron chi connectivity index (χ2n) is 9.96. The van der Waals surface area contributed by atoms with Crippen molar-refractivity contribution in [2.24, 2.45) is 7.05 Å². The highest BCUT2D eigenvalue weighted by atomic mass is 16.5. The van der Waals surface area contributed by atoms with Crippen LogP contribution in [0.15, 0.2) is 67.3 Å². The summed E-state index contributed by atoms with van der Waals surface area (Å²) in [6.45, 7) is 4.41. The number of anilines is 2. The van der Waals surface area contributed by atoms with Gasteiger partial charge in [-0.3, -0.25) is 4.68 Å². The van der Waals surface area contributed by atoms with Crippen LogP contribution in [-0.2, 0) is 24.9 Å². The van der Waals surface area contributed by atoms with Crippen molar-refractivity contribution in [3.63, 3.8) is 0 Å². The van der Waals surface area contributed by atoms with Crippen LogP contribution in [0.3, 0.4) is 0 Å². The monoisotopic (exact) mass is 512 g/mol. The highest BCUT2D eigenvalue weighted by Crippen LogP contribution is 2.33. The SMILES string of the molecule is COCc1ncc(-c2ccc(Nc3cc4cc(-c5cnn(CC(C)(C)O)c5)ccc4cn3)c(OC)c2)n1C. The van der Waals surface area contributed by atoms with Gasteiger partial charge in [-0.25, -0.2) is 9.97 Å². The van der Waals surface area contributed by atoms with Gasteiger partial charge in [0.2, 0.25) is 0 Å². The molecule has 38 heavy (non-hydrogen) atoms. The minimum atomic E-state index is -0.830. The first-order valence-electron chi connectivity index (χ1n) is 12.3. The van der Waals surface area contributed by atoms with Crippen LogP contribution >= 0.6 is 0 Å². The zero-order chi connectivity index (χ0) is 26.9. The Hall–Kier alpha value is -4.21. The maximum absolute atomic E-state index is 10.1. The van der Waals surface area contributed by atoms with Crippen molar-refractivity contribution < 1.29 is 14.6 Å². The summed E-state index contributed by atoms with van der Waals surface area (Å²) in [6.07, 6.45) is 7.46. The van der Waals surface area contributed by atoms with E-state index < -0.39 is 5.60 Å². The van der Waals surface area contributed by atoms with E-state index in [4.69, 9.17) is 9.47 Å². The number of hydrogen-bond acceptors (Lipinski definition) is 7. The standard InChI is InChI=1S/C29H32N6O3/c1-29(2,36)18-35-16-23(14-32-35)19-6-7-21-13-30-27(12-22(21)10-19)33-24-9-8-20(11-26(24)38-5)25-15-31-28(17-37-4)34(25)3/h6-16,36H,17-18H2,1-5H3,(H,30,33). The van der Waals surface area contributed by atoms with E-state index in [1.165, 1.54) is 0 Å². The maximum atomic E-state index is 10.1. The molecule has 0 saturated carbocycles.